The van der Waals surface area contributed by atoms with Crippen molar-refractivity contribution in [1.82, 2.24) is 10.2 Å². The molecule has 0 rings (SSSR count). The van der Waals surface area contributed by atoms with Gasteiger partial charge in [-0.15, -0.1) is 0 Å². The number of hydrogen-bond acceptors (Lipinski definition) is 2. The molecule has 78 valence electrons. The first-order valence-electron chi connectivity index (χ1n) is 4.77. The Kier molecular flexibility index (Phi) is 6.90. The standard InChI is InChI=1S/C9H21N3S/c1-8(2)12(3)7-5-4-6-11-9(10)13/h8H,4-7H2,1-3H3,(H3,10,11,13). The molecular formula is C9H21N3S. The summed E-state index contributed by atoms with van der Waals surface area (Å²) in [5, 5.41) is 3.34. The van der Waals surface area contributed by atoms with E-state index in [1.165, 1.54) is 6.42 Å². The van der Waals surface area contributed by atoms with Crippen LogP contribution in [0.2, 0.25) is 0 Å². The zero-order valence-electron chi connectivity index (χ0n) is 8.84. The molecule has 0 atom stereocenters. The van der Waals surface area contributed by atoms with Crippen molar-refractivity contribution in [2.45, 2.75) is 32.7 Å². The Morgan fingerprint density at radius 3 is 2.54 bits per heavy atom. The zero-order chi connectivity index (χ0) is 10.3. The van der Waals surface area contributed by atoms with E-state index in [4.69, 9.17) is 18.0 Å². The monoisotopic (exact) mass is 203 g/mol. The van der Waals surface area contributed by atoms with Gasteiger partial charge in [0.25, 0.3) is 0 Å². The summed E-state index contributed by atoms with van der Waals surface area (Å²) in [7, 11) is 2.14. The molecule has 3 nitrogen and oxygen atoms in total. The Bertz CT molecular complexity index is 148. The van der Waals surface area contributed by atoms with Gasteiger partial charge in [-0.1, -0.05) is 0 Å². The van der Waals surface area contributed by atoms with Gasteiger partial charge in [0, 0.05) is 12.6 Å². The van der Waals surface area contributed by atoms with Crippen molar-refractivity contribution < 1.29 is 0 Å². The molecular weight excluding hydrogens is 182 g/mol. The molecule has 4 heteroatoms. The van der Waals surface area contributed by atoms with Gasteiger partial charge in [-0.05, 0) is 52.5 Å². The largest absolute Gasteiger partial charge is 0.376 e. The van der Waals surface area contributed by atoms with Crippen LogP contribution in [0.15, 0.2) is 0 Å². The number of nitrogens with two attached hydrogens (primary N) is 1. The lowest BCUT2D eigenvalue weighted by Gasteiger charge is -2.20. The first-order valence-corrected chi connectivity index (χ1v) is 5.18. The fourth-order valence-electron chi connectivity index (χ4n) is 0.956. The summed E-state index contributed by atoms with van der Waals surface area (Å²) in [6.45, 7) is 6.43. The van der Waals surface area contributed by atoms with Crippen LogP contribution in [0, 0.1) is 0 Å². The summed E-state index contributed by atoms with van der Waals surface area (Å²) in [6, 6.07) is 0.628. The Hall–Kier alpha value is -0.350. The summed E-state index contributed by atoms with van der Waals surface area (Å²) in [6.07, 6.45) is 2.30. The van der Waals surface area contributed by atoms with Crippen molar-refractivity contribution in [3.63, 3.8) is 0 Å². The molecule has 0 aliphatic heterocycles. The van der Waals surface area contributed by atoms with Gasteiger partial charge in [-0.2, -0.15) is 0 Å². The maximum absolute atomic E-state index is 5.29. The summed E-state index contributed by atoms with van der Waals surface area (Å²) < 4.78 is 0. The van der Waals surface area contributed by atoms with E-state index < -0.39 is 0 Å². The third kappa shape index (κ3) is 7.99. The molecule has 0 aliphatic rings. The third-order valence-electron chi connectivity index (χ3n) is 2.12. The second-order valence-electron chi connectivity index (χ2n) is 3.57. The van der Waals surface area contributed by atoms with Crippen LogP contribution in [0.5, 0.6) is 0 Å². The molecule has 0 aromatic rings. The Labute approximate surface area is 86.7 Å². The Balaban J connectivity index is 3.21. The van der Waals surface area contributed by atoms with E-state index in [0.29, 0.717) is 11.2 Å². The van der Waals surface area contributed by atoms with Crippen molar-refractivity contribution in [3.8, 4) is 0 Å². The van der Waals surface area contributed by atoms with E-state index in [9.17, 15) is 0 Å². The van der Waals surface area contributed by atoms with E-state index in [0.717, 1.165) is 19.5 Å². The van der Waals surface area contributed by atoms with Gasteiger partial charge in [-0.25, -0.2) is 0 Å². The zero-order valence-corrected chi connectivity index (χ0v) is 9.66. The number of unbranched alkanes of at least 4 members (excludes halogenated alkanes) is 1. The van der Waals surface area contributed by atoms with Crippen molar-refractivity contribution in [1.29, 1.82) is 0 Å². The molecule has 0 bridgehead atoms. The fourth-order valence-corrected chi connectivity index (χ4v) is 1.06. The number of hydrogen-bond donors (Lipinski definition) is 2. The van der Waals surface area contributed by atoms with E-state index in [1.807, 2.05) is 0 Å². The van der Waals surface area contributed by atoms with Crippen LogP contribution in [-0.2, 0) is 0 Å². The van der Waals surface area contributed by atoms with Crippen molar-refractivity contribution in [2.75, 3.05) is 20.1 Å². The smallest absolute Gasteiger partial charge is 0.163 e. The van der Waals surface area contributed by atoms with Gasteiger partial charge >= 0.3 is 0 Å². The van der Waals surface area contributed by atoms with Crippen LogP contribution in [0.4, 0.5) is 0 Å². The predicted molar refractivity (Wildman–Crippen MR) is 61.8 cm³/mol. The highest BCUT2D eigenvalue weighted by atomic mass is 32.1. The Morgan fingerprint density at radius 2 is 2.08 bits per heavy atom. The molecule has 0 spiro atoms. The summed E-state index contributed by atoms with van der Waals surface area (Å²) in [4.78, 5) is 2.33. The molecule has 3 N–H and O–H groups in total. The number of rotatable bonds is 6. The van der Waals surface area contributed by atoms with E-state index >= 15 is 0 Å². The predicted octanol–water partition coefficient (Wildman–Crippen LogP) is 0.940. The van der Waals surface area contributed by atoms with E-state index in [2.05, 4.69) is 31.1 Å². The fraction of sp³-hybridized carbons (Fsp3) is 0.889. The van der Waals surface area contributed by atoms with Crippen molar-refractivity contribution >= 4 is 17.3 Å². The highest BCUT2D eigenvalue weighted by molar-refractivity contribution is 7.80. The molecule has 0 saturated heterocycles. The van der Waals surface area contributed by atoms with Crippen molar-refractivity contribution in [2.24, 2.45) is 5.73 Å². The first-order chi connectivity index (χ1) is 6.04. The molecule has 0 aromatic heterocycles. The molecule has 0 fully saturated rings. The van der Waals surface area contributed by atoms with Crippen LogP contribution >= 0.6 is 12.2 Å². The van der Waals surface area contributed by atoms with E-state index in [1.54, 1.807) is 0 Å². The highest BCUT2D eigenvalue weighted by Gasteiger charge is 2.01. The number of nitrogens with zero attached hydrogens (tertiary/aromatic N) is 1. The molecule has 0 unspecified atom stereocenters. The van der Waals surface area contributed by atoms with Crippen LogP contribution in [0.25, 0.3) is 0 Å². The van der Waals surface area contributed by atoms with E-state index in [-0.39, 0.29) is 0 Å². The average molecular weight is 203 g/mol. The molecule has 0 aliphatic carbocycles. The molecule has 0 radical (unpaired) electrons. The Morgan fingerprint density at radius 1 is 1.46 bits per heavy atom. The summed E-state index contributed by atoms with van der Waals surface area (Å²) >= 11 is 4.69. The molecule has 0 amide bonds. The van der Waals surface area contributed by atoms with Gasteiger partial charge in [0.1, 0.15) is 0 Å². The number of thiocarbonyl (C=S) groups is 1. The second kappa shape index (κ2) is 7.09. The minimum atomic E-state index is 0.400. The van der Waals surface area contributed by atoms with Crippen LogP contribution in [-0.4, -0.2) is 36.2 Å². The van der Waals surface area contributed by atoms with Crippen molar-refractivity contribution in [3.05, 3.63) is 0 Å². The molecule has 0 aromatic carbocycles. The summed E-state index contributed by atoms with van der Waals surface area (Å²) in [5.41, 5.74) is 5.29. The normalized spacial score (nSPS) is 10.8. The third-order valence-corrected chi connectivity index (χ3v) is 2.26. The van der Waals surface area contributed by atoms with Crippen LogP contribution in [0.3, 0.4) is 0 Å². The SMILES string of the molecule is CC(C)N(C)CCCCNC(N)=S. The minimum absolute atomic E-state index is 0.400. The lowest BCUT2D eigenvalue weighted by molar-refractivity contribution is 0.268. The van der Waals surface area contributed by atoms with Gasteiger partial charge in [0.2, 0.25) is 0 Å². The second-order valence-corrected chi connectivity index (χ2v) is 4.01. The lowest BCUT2D eigenvalue weighted by Crippen LogP contribution is -2.31. The number of nitrogens with one attached hydrogen (secondary N) is 1. The minimum Gasteiger partial charge on any atom is -0.376 e. The average Bonchev–Trinajstić information content (AvgIpc) is 2.02. The maximum atomic E-state index is 5.29. The molecule has 0 saturated carbocycles. The van der Waals surface area contributed by atoms with Crippen LogP contribution < -0.4 is 11.1 Å². The highest BCUT2D eigenvalue weighted by Crippen LogP contribution is 1.96. The van der Waals surface area contributed by atoms with Gasteiger partial charge in [0.05, 0.1) is 0 Å². The lowest BCUT2D eigenvalue weighted by atomic mass is 10.2. The molecule has 0 heterocycles. The summed E-state index contributed by atoms with van der Waals surface area (Å²) in [5.74, 6) is 0. The molecule has 13 heavy (non-hydrogen) atoms. The topological polar surface area (TPSA) is 41.3 Å². The van der Waals surface area contributed by atoms with Crippen LogP contribution in [0.1, 0.15) is 26.7 Å². The first kappa shape index (κ1) is 12.7. The van der Waals surface area contributed by atoms with Gasteiger partial charge in [0.15, 0.2) is 5.11 Å². The maximum Gasteiger partial charge on any atom is 0.163 e. The van der Waals surface area contributed by atoms with Gasteiger partial charge in [-0.3, -0.25) is 0 Å². The van der Waals surface area contributed by atoms with Gasteiger partial charge < -0.3 is 16.0 Å². The quantitative estimate of drug-likeness (QED) is 0.498.